The van der Waals surface area contributed by atoms with Gasteiger partial charge in [0.25, 0.3) is 0 Å². The van der Waals surface area contributed by atoms with Crippen molar-refractivity contribution in [1.29, 1.82) is 0 Å². The van der Waals surface area contributed by atoms with E-state index in [1.54, 1.807) is 6.07 Å². The van der Waals surface area contributed by atoms with Crippen LogP contribution in [0.1, 0.15) is 26.3 Å². The first-order valence-electron chi connectivity index (χ1n) is 6.85. The minimum absolute atomic E-state index is 0.188. The zero-order valence-corrected chi connectivity index (χ0v) is 13.6. The Morgan fingerprint density at radius 2 is 2.11 bits per heavy atom. The Hall–Kier alpha value is -0.610. The van der Waals surface area contributed by atoms with Crippen LogP contribution < -0.4 is 10.2 Å². The van der Waals surface area contributed by atoms with Crippen molar-refractivity contribution in [1.82, 2.24) is 5.32 Å². The molecule has 19 heavy (non-hydrogen) atoms. The van der Waals surface area contributed by atoms with Gasteiger partial charge in [0.1, 0.15) is 5.82 Å². The van der Waals surface area contributed by atoms with E-state index in [0.717, 1.165) is 24.3 Å². The topological polar surface area (TPSA) is 15.3 Å². The molecule has 1 aliphatic rings. The third-order valence-corrected chi connectivity index (χ3v) is 4.56. The molecule has 1 aromatic rings. The van der Waals surface area contributed by atoms with E-state index in [4.69, 9.17) is 0 Å². The zero-order valence-electron chi connectivity index (χ0n) is 12.0. The molecule has 0 aromatic heterocycles. The van der Waals surface area contributed by atoms with Crippen molar-refractivity contribution in [3.8, 4) is 0 Å². The molecular weight excluding hydrogens is 307 g/mol. The maximum absolute atomic E-state index is 13.8. The summed E-state index contributed by atoms with van der Waals surface area (Å²) in [5.74, 6) is 0.392. The molecule has 1 aromatic carbocycles. The summed E-state index contributed by atoms with van der Waals surface area (Å²) in [6, 6.07) is 4.36. The molecule has 4 heteroatoms. The Labute approximate surface area is 123 Å². The summed E-state index contributed by atoms with van der Waals surface area (Å²) < 4.78 is 14.3. The predicted molar refractivity (Wildman–Crippen MR) is 82.3 cm³/mol. The normalized spacial score (nSPS) is 24.1. The van der Waals surface area contributed by atoms with E-state index in [9.17, 15) is 4.39 Å². The second kappa shape index (κ2) is 5.80. The van der Waals surface area contributed by atoms with Crippen molar-refractivity contribution < 1.29 is 4.39 Å². The minimum atomic E-state index is -0.188. The van der Waals surface area contributed by atoms with Gasteiger partial charge in [-0.2, -0.15) is 0 Å². The summed E-state index contributed by atoms with van der Waals surface area (Å²) in [7, 11) is 0. The fraction of sp³-hybridized carbons (Fsp3) is 0.600. The molecule has 1 fully saturated rings. The average Bonchev–Trinajstić information content (AvgIpc) is 2.34. The summed E-state index contributed by atoms with van der Waals surface area (Å²) >= 11 is 3.25. The first kappa shape index (κ1) is 14.8. The number of halogens is 2. The van der Waals surface area contributed by atoms with Crippen LogP contribution in [0.15, 0.2) is 16.6 Å². The first-order valence-corrected chi connectivity index (χ1v) is 7.65. The van der Waals surface area contributed by atoms with Gasteiger partial charge in [-0.3, -0.25) is 0 Å². The Bertz CT molecular complexity index is 462. The van der Waals surface area contributed by atoms with Gasteiger partial charge in [0.15, 0.2) is 0 Å². The maximum Gasteiger partial charge on any atom is 0.139 e. The summed E-state index contributed by atoms with van der Waals surface area (Å²) in [6.07, 6.45) is 0. The molecule has 106 valence electrons. The number of benzene rings is 1. The van der Waals surface area contributed by atoms with Gasteiger partial charge < -0.3 is 10.2 Å². The van der Waals surface area contributed by atoms with Crippen LogP contribution in [0.2, 0.25) is 0 Å². The molecule has 2 nitrogen and oxygen atoms in total. The quantitative estimate of drug-likeness (QED) is 0.890. The van der Waals surface area contributed by atoms with Crippen LogP contribution in [0.25, 0.3) is 0 Å². The number of hydrogen-bond donors (Lipinski definition) is 1. The molecule has 1 heterocycles. The first-order chi connectivity index (χ1) is 8.90. The fourth-order valence-electron chi connectivity index (χ4n) is 2.62. The van der Waals surface area contributed by atoms with Crippen LogP contribution in [0, 0.1) is 18.7 Å². The SMILES string of the molecule is Cc1cc(Br)c(F)cc1N1CC(C(C)C)NCC1C. The molecule has 1 N–H and O–H groups in total. The lowest BCUT2D eigenvalue weighted by Gasteiger charge is -2.42. The number of nitrogens with one attached hydrogen (secondary N) is 1. The second-order valence-electron chi connectivity index (χ2n) is 5.81. The molecule has 2 rings (SSSR count). The van der Waals surface area contributed by atoms with Gasteiger partial charge in [-0.1, -0.05) is 13.8 Å². The van der Waals surface area contributed by atoms with Gasteiger partial charge >= 0.3 is 0 Å². The van der Waals surface area contributed by atoms with E-state index in [1.165, 1.54) is 0 Å². The average molecular weight is 329 g/mol. The molecule has 0 aliphatic carbocycles. The van der Waals surface area contributed by atoms with Gasteiger partial charge in [-0.15, -0.1) is 0 Å². The number of nitrogens with zero attached hydrogens (tertiary/aromatic N) is 1. The van der Waals surface area contributed by atoms with Gasteiger partial charge in [-0.25, -0.2) is 4.39 Å². The number of aryl methyl sites for hydroxylation is 1. The summed E-state index contributed by atoms with van der Waals surface area (Å²) in [5, 5.41) is 3.57. The molecule has 0 spiro atoms. The van der Waals surface area contributed by atoms with Crippen molar-refractivity contribution >= 4 is 21.6 Å². The van der Waals surface area contributed by atoms with Crippen LogP contribution in [0.3, 0.4) is 0 Å². The molecule has 0 radical (unpaired) electrons. The van der Waals surface area contributed by atoms with Crippen LogP contribution in [0.5, 0.6) is 0 Å². The molecule has 1 saturated heterocycles. The Balaban J connectivity index is 2.31. The minimum Gasteiger partial charge on any atom is -0.366 e. The van der Waals surface area contributed by atoms with E-state index < -0.39 is 0 Å². The van der Waals surface area contributed by atoms with Crippen LogP contribution in [0.4, 0.5) is 10.1 Å². The van der Waals surface area contributed by atoms with Gasteiger partial charge in [0, 0.05) is 30.9 Å². The lowest BCUT2D eigenvalue weighted by Crippen LogP contribution is -2.57. The molecule has 0 saturated carbocycles. The zero-order chi connectivity index (χ0) is 14.2. The van der Waals surface area contributed by atoms with E-state index in [1.807, 2.05) is 13.0 Å². The smallest absolute Gasteiger partial charge is 0.139 e. The third kappa shape index (κ3) is 3.11. The standard InChI is InChI=1S/C15H22BrFN2/c1-9(2)14-8-19(11(4)7-18-14)15-6-13(17)12(16)5-10(15)3/h5-6,9,11,14,18H,7-8H2,1-4H3. The summed E-state index contributed by atoms with van der Waals surface area (Å²) in [5.41, 5.74) is 2.13. The predicted octanol–water partition coefficient (Wildman–Crippen LogP) is 3.72. The largest absolute Gasteiger partial charge is 0.366 e. The lowest BCUT2D eigenvalue weighted by atomic mass is 9.98. The Morgan fingerprint density at radius 1 is 1.42 bits per heavy atom. The van der Waals surface area contributed by atoms with Crippen molar-refractivity contribution in [3.63, 3.8) is 0 Å². The highest BCUT2D eigenvalue weighted by Crippen LogP contribution is 2.29. The van der Waals surface area contributed by atoms with E-state index in [2.05, 4.69) is 46.9 Å². The summed E-state index contributed by atoms with van der Waals surface area (Å²) in [4.78, 5) is 2.33. The number of anilines is 1. The third-order valence-electron chi connectivity index (χ3n) is 3.95. The van der Waals surface area contributed by atoms with E-state index in [0.29, 0.717) is 22.5 Å². The van der Waals surface area contributed by atoms with Gasteiger partial charge in [-0.05, 0) is 53.4 Å². The molecule has 2 atom stereocenters. The van der Waals surface area contributed by atoms with Crippen LogP contribution in [-0.4, -0.2) is 25.2 Å². The van der Waals surface area contributed by atoms with Crippen molar-refractivity contribution in [2.24, 2.45) is 5.92 Å². The van der Waals surface area contributed by atoms with Crippen molar-refractivity contribution in [2.45, 2.75) is 39.8 Å². The molecule has 2 unspecified atom stereocenters. The molecule has 0 amide bonds. The van der Waals surface area contributed by atoms with Gasteiger partial charge in [0.05, 0.1) is 4.47 Å². The highest BCUT2D eigenvalue weighted by atomic mass is 79.9. The van der Waals surface area contributed by atoms with Crippen molar-refractivity contribution in [2.75, 3.05) is 18.0 Å². The molecule has 1 aliphatic heterocycles. The summed E-state index contributed by atoms with van der Waals surface area (Å²) in [6.45, 7) is 10.5. The lowest BCUT2D eigenvalue weighted by molar-refractivity contribution is 0.336. The van der Waals surface area contributed by atoms with Crippen molar-refractivity contribution in [3.05, 3.63) is 28.0 Å². The van der Waals surface area contributed by atoms with Crippen LogP contribution >= 0.6 is 15.9 Å². The molecular formula is C15H22BrFN2. The van der Waals surface area contributed by atoms with E-state index in [-0.39, 0.29) is 5.82 Å². The van der Waals surface area contributed by atoms with Gasteiger partial charge in [0.2, 0.25) is 0 Å². The fourth-order valence-corrected chi connectivity index (χ4v) is 3.07. The monoisotopic (exact) mass is 328 g/mol. The highest BCUT2D eigenvalue weighted by molar-refractivity contribution is 9.10. The Kier molecular flexibility index (Phi) is 4.51. The highest BCUT2D eigenvalue weighted by Gasteiger charge is 2.28. The van der Waals surface area contributed by atoms with Crippen LogP contribution in [-0.2, 0) is 0 Å². The number of rotatable bonds is 2. The molecule has 0 bridgehead atoms. The number of piperazine rings is 1. The maximum atomic E-state index is 13.8. The Morgan fingerprint density at radius 3 is 2.74 bits per heavy atom. The second-order valence-corrected chi connectivity index (χ2v) is 6.67. The van der Waals surface area contributed by atoms with E-state index >= 15 is 0 Å². The number of hydrogen-bond acceptors (Lipinski definition) is 2.